The van der Waals surface area contributed by atoms with Crippen LogP contribution in [0.5, 0.6) is 11.5 Å². The summed E-state index contributed by atoms with van der Waals surface area (Å²) in [5.41, 5.74) is 4.22. The first kappa shape index (κ1) is 23.1. The summed E-state index contributed by atoms with van der Waals surface area (Å²) in [6.07, 6.45) is 1.39. The molecule has 3 aromatic carbocycles. The Bertz CT molecular complexity index is 1120. The van der Waals surface area contributed by atoms with Gasteiger partial charge in [-0.3, -0.25) is 9.59 Å². The van der Waals surface area contributed by atoms with Crippen LogP contribution in [0.25, 0.3) is 0 Å². The van der Waals surface area contributed by atoms with Crippen molar-refractivity contribution in [3.8, 4) is 11.5 Å². The van der Waals surface area contributed by atoms with Crippen LogP contribution in [0, 0.1) is 0 Å². The molecule has 0 aromatic heterocycles. The highest BCUT2D eigenvalue weighted by Gasteiger charge is 2.13. The van der Waals surface area contributed by atoms with Crippen molar-refractivity contribution in [2.75, 3.05) is 12.4 Å². The zero-order valence-electron chi connectivity index (χ0n) is 17.0. The van der Waals surface area contributed by atoms with Crippen LogP contribution in [0.3, 0.4) is 0 Å². The van der Waals surface area contributed by atoms with Gasteiger partial charge in [0.15, 0.2) is 11.5 Å². The Hall–Kier alpha value is -3.55. The first-order chi connectivity index (χ1) is 15.4. The number of benzene rings is 3. The molecule has 0 bridgehead atoms. The number of halogens is 2. The second-order valence-corrected chi connectivity index (χ2v) is 7.36. The van der Waals surface area contributed by atoms with Gasteiger partial charge in [-0.1, -0.05) is 35.3 Å². The molecule has 0 fully saturated rings. The highest BCUT2D eigenvalue weighted by molar-refractivity contribution is 6.39. The Morgan fingerprint density at radius 3 is 2.22 bits per heavy atom. The lowest BCUT2D eigenvalue weighted by atomic mass is 10.2. The van der Waals surface area contributed by atoms with Crippen molar-refractivity contribution >= 4 is 46.9 Å². The Labute approximate surface area is 194 Å². The molecule has 7 nitrogen and oxygen atoms in total. The van der Waals surface area contributed by atoms with Crippen molar-refractivity contribution in [2.45, 2.75) is 6.61 Å². The van der Waals surface area contributed by atoms with Crippen LogP contribution in [0.15, 0.2) is 71.8 Å². The number of anilines is 1. The smallest absolute Gasteiger partial charge is 0.329 e. The van der Waals surface area contributed by atoms with Crippen LogP contribution in [0.4, 0.5) is 5.69 Å². The highest BCUT2D eigenvalue weighted by atomic mass is 35.5. The normalized spacial score (nSPS) is 10.6. The van der Waals surface area contributed by atoms with Gasteiger partial charge in [-0.05, 0) is 65.7 Å². The van der Waals surface area contributed by atoms with Crippen molar-refractivity contribution in [2.24, 2.45) is 5.10 Å². The zero-order chi connectivity index (χ0) is 22.9. The van der Waals surface area contributed by atoms with E-state index in [4.69, 9.17) is 32.7 Å². The van der Waals surface area contributed by atoms with E-state index in [1.54, 1.807) is 54.6 Å². The van der Waals surface area contributed by atoms with E-state index in [1.807, 2.05) is 12.1 Å². The van der Waals surface area contributed by atoms with Gasteiger partial charge in [-0.25, -0.2) is 5.43 Å². The number of carbonyl (C=O) groups excluding carboxylic acids is 2. The van der Waals surface area contributed by atoms with Gasteiger partial charge in [0.05, 0.1) is 13.3 Å². The van der Waals surface area contributed by atoms with Crippen LogP contribution in [0.1, 0.15) is 11.1 Å². The van der Waals surface area contributed by atoms with E-state index in [1.165, 1.54) is 13.3 Å². The Morgan fingerprint density at radius 1 is 0.906 bits per heavy atom. The molecule has 9 heteroatoms. The van der Waals surface area contributed by atoms with E-state index in [9.17, 15) is 9.59 Å². The molecule has 164 valence electrons. The lowest BCUT2D eigenvalue weighted by molar-refractivity contribution is -0.136. The van der Waals surface area contributed by atoms with E-state index in [0.717, 1.165) is 5.56 Å². The number of hydrazone groups is 1. The zero-order valence-corrected chi connectivity index (χ0v) is 18.5. The molecule has 0 saturated heterocycles. The van der Waals surface area contributed by atoms with E-state index in [2.05, 4.69) is 15.8 Å². The number of nitrogens with one attached hydrogen (secondary N) is 2. The third-order valence-electron chi connectivity index (χ3n) is 4.18. The van der Waals surface area contributed by atoms with Crippen molar-refractivity contribution in [1.82, 2.24) is 5.43 Å². The lowest BCUT2D eigenvalue weighted by Gasteiger charge is -2.11. The van der Waals surface area contributed by atoms with Crippen molar-refractivity contribution in [3.05, 3.63) is 87.9 Å². The summed E-state index contributed by atoms with van der Waals surface area (Å²) >= 11 is 11.7. The van der Waals surface area contributed by atoms with Crippen LogP contribution in [-0.2, 0) is 16.2 Å². The van der Waals surface area contributed by atoms with Crippen LogP contribution >= 0.6 is 23.2 Å². The molecular formula is C23H19Cl2N3O4. The molecule has 3 rings (SSSR count). The van der Waals surface area contributed by atoms with Gasteiger partial charge in [-0.15, -0.1) is 0 Å². The van der Waals surface area contributed by atoms with Gasteiger partial charge in [0.1, 0.15) is 6.61 Å². The molecule has 0 aliphatic heterocycles. The van der Waals surface area contributed by atoms with E-state index in [0.29, 0.717) is 39.4 Å². The summed E-state index contributed by atoms with van der Waals surface area (Å²) < 4.78 is 11.2. The fourth-order valence-electron chi connectivity index (χ4n) is 2.56. The largest absolute Gasteiger partial charge is 0.493 e. The third kappa shape index (κ3) is 6.73. The standard InChI is InChI=1S/C23H19Cl2N3O4/c1-31-21-12-16(4-11-20(21)32-14-15-2-5-17(24)6-3-15)13-26-28-23(30)22(29)27-19-9-7-18(25)8-10-19/h2-13H,14H2,1H3,(H,27,29)(H,28,30). The average Bonchev–Trinajstić information content (AvgIpc) is 2.80. The fraction of sp³-hybridized carbons (Fsp3) is 0.0870. The lowest BCUT2D eigenvalue weighted by Crippen LogP contribution is -2.32. The number of rotatable bonds is 7. The van der Waals surface area contributed by atoms with Crippen molar-refractivity contribution in [3.63, 3.8) is 0 Å². The molecule has 0 aliphatic carbocycles. The number of ether oxygens (including phenoxy) is 2. The molecule has 0 unspecified atom stereocenters. The minimum atomic E-state index is -0.911. The summed E-state index contributed by atoms with van der Waals surface area (Å²) in [6.45, 7) is 0.347. The van der Waals surface area contributed by atoms with Gasteiger partial charge in [0.25, 0.3) is 0 Å². The topological polar surface area (TPSA) is 89.0 Å². The van der Waals surface area contributed by atoms with Gasteiger partial charge < -0.3 is 14.8 Å². The predicted molar refractivity (Wildman–Crippen MR) is 125 cm³/mol. The summed E-state index contributed by atoms with van der Waals surface area (Å²) in [6, 6.07) is 18.9. The maximum atomic E-state index is 11.9. The van der Waals surface area contributed by atoms with Gasteiger partial charge in [-0.2, -0.15) is 5.10 Å². The Balaban J connectivity index is 1.55. The highest BCUT2D eigenvalue weighted by Crippen LogP contribution is 2.28. The van der Waals surface area contributed by atoms with E-state index < -0.39 is 11.8 Å². The number of amides is 2. The molecule has 0 aliphatic rings. The first-order valence-corrected chi connectivity index (χ1v) is 10.2. The fourth-order valence-corrected chi connectivity index (χ4v) is 2.81. The summed E-state index contributed by atoms with van der Waals surface area (Å²) in [5, 5.41) is 7.44. The number of nitrogens with zero attached hydrogens (tertiary/aromatic N) is 1. The average molecular weight is 472 g/mol. The summed E-state index contributed by atoms with van der Waals surface area (Å²) in [5.74, 6) is -0.722. The van der Waals surface area contributed by atoms with E-state index >= 15 is 0 Å². The number of carbonyl (C=O) groups is 2. The molecule has 0 heterocycles. The van der Waals surface area contributed by atoms with Gasteiger partial charge in [0.2, 0.25) is 0 Å². The van der Waals surface area contributed by atoms with Crippen molar-refractivity contribution in [1.29, 1.82) is 0 Å². The summed E-state index contributed by atoms with van der Waals surface area (Å²) in [7, 11) is 1.52. The Kier molecular flexibility index (Phi) is 8.08. The molecule has 3 aromatic rings. The molecule has 0 spiro atoms. The molecule has 2 N–H and O–H groups in total. The summed E-state index contributed by atoms with van der Waals surface area (Å²) in [4.78, 5) is 23.8. The number of methoxy groups -OCH3 is 1. The maximum Gasteiger partial charge on any atom is 0.329 e. The first-order valence-electron chi connectivity index (χ1n) is 9.40. The van der Waals surface area contributed by atoms with Crippen LogP contribution < -0.4 is 20.2 Å². The van der Waals surface area contributed by atoms with Crippen molar-refractivity contribution < 1.29 is 19.1 Å². The quantitative estimate of drug-likeness (QED) is 0.297. The van der Waals surface area contributed by atoms with Crippen LogP contribution in [0.2, 0.25) is 10.0 Å². The molecule has 2 amide bonds. The second kappa shape index (κ2) is 11.2. The van der Waals surface area contributed by atoms with Gasteiger partial charge >= 0.3 is 11.8 Å². The van der Waals surface area contributed by atoms with Crippen LogP contribution in [-0.4, -0.2) is 25.1 Å². The molecule has 0 atom stereocenters. The number of hydrogen-bond donors (Lipinski definition) is 2. The SMILES string of the molecule is COc1cc(C=NNC(=O)C(=O)Nc2ccc(Cl)cc2)ccc1OCc1ccc(Cl)cc1. The second-order valence-electron chi connectivity index (χ2n) is 6.49. The minimum absolute atomic E-state index is 0.347. The third-order valence-corrected chi connectivity index (χ3v) is 4.69. The predicted octanol–water partition coefficient (Wildman–Crippen LogP) is 4.67. The maximum absolute atomic E-state index is 11.9. The molecule has 0 saturated carbocycles. The molecule has 32 heavy (non-hydrogen) atoms. The van der Waals surface area contributed by atoms with E-state index in [-0.39, 0.29) is 0 Å². The molecular weight excluding hydrogens is 453 g/mol. The minimum Gasteiger partial charge on any atom is -0.493 e. The molecule has 0 radical (unpaired) electrons. The van der Waals surface area contributed by atoms with Gasteiger partial charge in [0, 0.05) is 15.7 Å². The number of hydrogen-bond acceptors (Lipinski definition) is 5. The monoisotopic (exact) mass is 471 g/mol. The Morgan fingerprint density at radius 2 is 1.56 bits per heavy atom.